The van der Waals surface area contributed by atoms with E-state index in [-0.39, 0.29) is 5.91 Å². The van der Waals surface area contributed by atoms with Gasteiger partial charge in [0.25, 0.3) is 5.91 Å². The molecule has 7 heteroatoms. The summed E-state index contributed by atoms with van der Waals surface area (Å²) in [7, 11) is 1.82. The summed E-state index contributed by atoms with van der Waals surface area (Å²) in [6, 6.07) is 15.5. The normalized spacial score (nSPS) is 14.0. The van der Waals surface area contributed by atoms with E-state index in [4.69, 9.17) is 10.1 Å². The van der Waals surface area contributed by atoms with Crippen molar-refractivity contribution in [3.05, 3.63) is 71.4 Å². The Bertz CT molecular complexity index is 1170. The number of carbonyl (C=O) groups is 1. The predicted octanol–water partition coefficient (Wildman–Crippen LogP) is 5.56. The molecule has 0 atom stereocenters. The van der Waals surface area contributed by atoms with E-state index in [9.17, 15) is 4.79 Å². The van der Waals surface area contributed by atoms with E-state index in [1.165, 1.54) is 6.21 Å². The van der Waals surface area contributed by atoms with Crippen LogP contribution in [0.15, 0.2) is 54.7 Å². The smallest absolute Gasteiger partial charge is 0.254 e. The second kappa shape index (κ2) is 12.1. The number of pyridine rings is 1. The van der Waals surface area contributed by atoms with Crippen LogP contribution in [0.1, 0.15) is 49.2 Å². The van der Waals surface area contributed by atoms with E-state index in [2.05, 4.69) is 21.7 Å². The maximum Gasteiger partial charge on any atom is 0.254 e. The fraction of sp³-hybridized carbons (Fsp3) is 0.321. The molecule has 0 saturated carbocycles. The number of hydrogen-bond acceptors (Lipinski definition) is 6. The first kappa shape index (κ1) is 25.9. The summed E-state index contributed by atoms with van der Waals surface area (Å²) in [5.74, 6) is 1.47. The fourth-order valence-electron chi connectivity index (χ4n) is 4.00. The third kappa shape index (κ3) is 5.52. The minimum atomic E-state index is 0.117. The van der Waals surface area contributed by atoms with Gasteiger partial charge in [0.2, 0.25) is 0 Å². The zero-order valence-corrected chi connectivity index (χ0v) is 21.2. The van der Waals surface area contributed by atoms with Crippen LogP contribution in [-0.4, -0.2) is 48.2 Å². The van der Waals surface area contributed by atoms with Crippen LogP contribution < -0.4 is 15.4 Å². The van der Waals surface area contributed by atoms with Gasteiger partial charge in [-0.15, -0.1) is 0 Å². The van der Waals surface area contributed by atoms with Gasteiger partial charge < -0.3 is 25.7 Å². The lowest BCUT2D eigenvalue weighted by atomic mass is 10.0. The second-order valence-electron chi connectivity index (χ2n) is 7.74. The third-order valence-corrected chi connectivity index (χ3v) is 5.85. The van der Waals surface area contributed by atoms with Crippen LogP contribution >= 0.6 is 0 Å². The Morgan fingerprint density at radius 1 is 1.06 bits per heavy atom. The van der Waals surface area contributed by atoms with E-state index >= 15 is 0 Å². The quantitative estimate of drug-likeness (QED) is 0.408. The van der Waals surface area contributed by atoms with Gasteiger partial charge in [-0.05, 0) is 35.9 Å². The molecule has 0 aliphatic carbocycles. The van der Waals surface area contributed by atoms with Gasteiger partial charge in [-0.2, -0.15) is 0 Å². The molecule has 7 nitrogen and oxygen atoms in total. The minimum Gasteiger partial charge on any atom is -0.457 e. The van der Waals surface area contributed by atoms with Gasteiger partial charge in [0.1, 0.15) is 11.5 Å². The summed E-state index contributed by atoms with van der Waals surface area (Å²) < 4.78 is 6.04. The third-order valence-electron chi connectivity index (χ3n) is 5.85. The average Bonchev–Trinajstić information content (AvgIpc) is 3.20. The zero-order valence-electron chi connectivity index (χ0n) is 21.2. The Morgan fingerprint density at radius 3 is 2.46 bits per heavy atom. The number of carbonyl (C=O) groups excluding carboxylic acids is 1. The molecule has 1 saturated heterocycles. The Labute approximate surface area is 208 Å². The molecular weight excluding hydrogens is 438 g/mol. The number of aromatic nitrogens is 1. The predicted molar refractivity (Wildman–Crippen MR) is 143 cm³/mol. The summed E-state index contributed by atoms with van der Waals surface area (Å²) in [6.45, 7) is 10.4. The molecular formula is C28H35N5O2. The largest absolute Gasteiger partial charge is 0.457 e. The van der Waals surface area contributed by atoms with Crippen LogP contribution in [-0.2, 0) is 6.54 Å². The molecule has 1 fully saturated rings. The number of ether oxygens (including phenoxy) is 1. The molecule has 0 bridgehead atoms. The molecule has 0 spiro atoms. The maximum atomic E-state index is 12.7. The molecule has 0 unspecified atom stereocenters. The van der Waals surface area contributed by atoms with Crippen LogP contribution in [0.2, 0.25) is 0 Å². The standard InChI is InChI=1S/C24H23N5O2.2C2H6/c1-26-22-9-19(4-2-16(22)11-25)31-20-6-7-28-23(10-20)15-3-5-21-17(8-15)14-29(24(21)30)18-12-27-13-18;2*1-2/h2-11,18,25-27H,12-14H2,1H3;2*1-2H3. The van der Waals surface area contributed by atoms with Gasteiger partial charge in [0, 0.05) is 73.6 Å². The molecule has 1 aromatic heterocycles. The molecule has 2 aromatic carbocycles. The van der Waals surface area contributed by atoms with Crippen LogP contribution in [0.5, 0.6) is 11.5 Å². The summed E-state index contributed by atoms with van der Waals surface area (Å²) in [5, 5.41) is 13.8. The molecule has 3 aromatic rings. The molecule has 0 radical (unpaired) electrons. The number of rotatable bonds is 6. The van der Waals surface area contributed by atoms with Crippen molar-refractivity contribution in [2.75, 3.05) is 25.5 Å². The molecule has 2 aliphatic heterocycles. The monoisotopic (exact) mass is 473 g/mol. The SMILES string of the molecule is CC.CC.CNc1cc(Oc2ccnc(-c3ccc4c(c3)CN(C3CNC3)C4=O)c2)ccc1C=N. The molecule has 35 heavy (non-hydrogen) atoms. The van der Waals surface area contributed by atoms with E-state index in [0.29, 0.717) is 24.1 Å². The highest BCUT2D eigenvalue weighted by Crippen LogP contribution is 2.32. The van der Waals surface area contributed by atoms with Crippen LogP contribution in [0.3, 0.4) is 0 Å². The van der Waals surface area contributed by atoms with E-state index < -0.39 is 0 Å². The van der Waals surface area contributed by atoms with Gasteiger partial charge in [-0.25, -0.2) is 0 Å². The highest BCUT2D eigenvalue weighted by Gasteiger charge is 2.35. The number of hydrogen-bond donors (Lipinski definition) is 3. The summed E-state index contributed by atoms with van der Waals surface area (Å²) in [4.78, 5) is 19.1. The Hall–Kier alpha value is -3.71. The highest BCUT2D eigenvalue weighted by atomic mass is 16.5. The zero-order chi connectivity index (χ0) is 25.4. The average molecular weight is 474 g/mol. The van der Waals surface area contributed by atoms with Crippen molar-refractivity contribution < 1.29 is 9.53 Å². The van der Waals surface area contributed by atoms with Gasteiger partial charge in [-0.3, -0.25) is 9.78 Å². The Morgan fingerprint density at radius 2 is 1.80 bits per heavy atom. The first-order chi connectivity index (χ1) is 17.2. The lowest BCUT2D eigenvalue weighted by molar-refractivity contribution is 0.0642. The van der Waals surface area contributed by atoms with Crippen molar-refractivity contribution in [2.45, 2.75) is 40.3 Å². The number of nitrogens with zero attached hydrogens (tertiary/aromatic N) is 2. The topological polar surface area (TPSA) is 90.3 Å². The van der Waals surface area contributed by atoms with Crippen LogP contribution in [0.25, 0.3) is 11.3 Å². The summed E-state index contributed by atoms with van der Waals surface area (Å²) >= 11 is 0. The molecule has 2 aliphatic rings. The maximum absolute atomic E-state index is 12.7. The molecule has 1 amide bonds. The van der Waals surface area contributed by atoms with Crippen molar-refractivity contribution in [3.63, 3.8) is 0 Å². The summed E-state index contributed by atoms with van der Waals surface area (Å²) in [5.41, 5.74) is 5.21. The van der Waals surface area contributed by atoms with E-state index in [0.717, 1.165) is 46.7 Å². The number of fused-ring (bicyclic) bond motifs is 1. The van der Waals surface area contributed by atoms with Crippen molar-refractivity contribution in [3.8, 4) is 22.8 Å². The van der Waals surface area contributed by atoms with Crippen molar-refractivity contribution in [1.29, 1.82) is 5.41 Å². The van der Waals surface area contributed by atoms with Gasteiger partial charge in [0.15, 0.2) is 0 Å². The number of anilines is 1. The fourth-order valence-corrected chi connectivity index (χ4v) is 4.00. The number of amides is 1. The molecule has 5 rings (SSSR count). The number of benzene rings is 2. The molecule has 3 N–H and O–H groups in total. The molecule has 184 valence electrons. The minimum absolute atomic E-state index is 0.117. The van der Waals surface area contributed by atoms with Gasteiger partial charge in [-0.1, -0.05) is 33.8 Å². The molecule has 3 heterocycles. The Balaban J connectivity index is 0.000000815. The van der Waals surface area contributed by atoms with Crippen molar-refractivity contribution in [2.24, 2.45) is 0 Å². The van der Waals surface area contributed by atoms with Gasteiger partial charge >= 0.3 is 0 Å². The van der Waals surface area contributed by atoms with Gasteiger partial charge in [0.05, 0.1) is 11.7 Å². The second-order valence-corrected chi connectivity index (χ2v) is 7.74. The Kier molecular flexibility index (Phi) is 8.98. The highest BCUT2D eigenvalue weighted by molar-refractivity contribution is 5.99. The van der Waals surface area contributed by atoms with Crippen LogP contribution in [0.4, 0.5) is 5.69 Å². The van der Waals surface area contributed by atoms with Crippen molar-refractivity contribution >= 4 is 17.8 Å². The van der Waals surface area contributed by atoms with Crippen molar-refractivity contribution in [1.82, 2.24) is 15.2 Å². The van der Waals surface area contributed by atoms with E-state index in [1.807, 2.05) is 82.1 Å². The summed E-state index contributed by atoms with van der Waals surface area (Å²) in [6.07, 6.45) is 3.03. The lowest BCUT2D eigenvalue weighted by Crippen LogP contribution is -2.57. The first-order valence-corrected chi connectivity index (χ1v) is 12.3. The van der Waals surface area contributed by atoms with E-state index in [1.54, 1.807) is 6.20 Å². The lowest BCUT2D eigenvalue weighted by Gasteiger charge is -2.35. The van der Waals surface area contributed by atoms with Crippen LogP contribution in [0, 0.1) is 5.41 Å². The number of nitrogens with one attached hydrogen (secondary N) is 3. The first-order valence-electron chi connectivity index (χ1n) is 12.3.